The van der Waals surface area contributed by atoms with E-state index in [9.17, 15) is 4.79 Å². The Morgan fingerprint density at radius 2 is 1.80 bits per heavy atom. The van der Waals surface area contributed by atoms with Crippen LogP contribution in [0.5, 0.6) is 0 Å². The summed E-state index contributed by atoms with van der Waals surface area (Å²) in [6, 6.07) is 8.50. The van der Waals surface area contributed by atoms with E-state index in [1.165, 1.54) is 25.8 Å². The van der Waals surface area contributed by atoms with Crippen LogP contribution in [0.2, 0.25) is 5.02 Å². The number of carbonyl (C=O) groups is 1. The van der Waals surface area contributed by atoms with E-state index in [0.717, 1.165) is 37.8 Å². The van der Waals surface area contributed by atoms with Crippen molar-refractivity contribution in [3.8, 4) is 0 Å². The zero-order valence-electron chi connectivity index (χ0n) is 15.2. The third-order valence-corrected chi connectivity index (χ3v) is 6.52. The van der Waals surface area contributed by atoms with Crippen LogP contribution in [-0.2, 0) is 0 Å². The average Bonchev–Trinajstić information content (AvgIpc) is 2.52. The topological polar surface area (TPSA) is 26.8 Å². The van der Waals surface area contributed by atoms with Crippen molar-refractivity contribution in [2.24, 2.45) is 0 Å². The molecule has 1 amide bonds. The minimum atomic E-state index is 0.0245. The van der Waals surface area contributed by atoms with E-state index in [1.807, 2.05) is 12.1 Å². The van der Waals surface area contributed by atoms with Gasteiger partial charge in [-0.25, -0.2) is 0 Å². The number of hydrogen-bond donors (Lipinski definition) is 0. The Morgan fingerprint density at radius 1 is 1.08 bits per heavy atom. The molecule has 5 heteroatoms. The second-order valence-corrected chi connectivity index (χ2v) is 8.87. The molecule has 1 aromatic carbocycles. The summed E-state index contributed by atoms with van der Waals surface area (Å²) in [5, 5.41) is 0.671. The Kier molecular flexibility index (Phi) is 4.55. The molecule has 2 aliphatic heterocycles. The van der Waals surface area contributed by atoms with E-state index in [1.54, 1.807) is 12.1 Å². The lowest BCUT2D eigenvalue weighted by Crippen LogP contribution is -2.71. The number of hydrogen-bond acceptors (Lipinski definition) is 3. The van der Waals surface area contributed by atoms with Gasteiger partial charge in [0.05, 0.1) is 0 Å². The van der Waals surface area contributed by atoms with Crippen molar-refractivity contribution in [1.82, 2.24) is 14.7 Å². The van der Waals surface area contributed by atoms with Gasteiger partial charge in [0.25, 0.3) is 5.91 Å². The fraction of sp³-hybridized carbons (Fsp3) is 0.650. The molecule has 1 atom stereocenters. The second-order valence-electron chi connectivity index (χ2n) is 8.43. The molecular formula is C20H28ClN3O. The minimum Gasteiger partial charge on any atom is -0.335 e. The maximum Gasteiger partial charge on any atom is 0.253 e. The lowest BCUT2D eigenvalue weighted by molar-refractivity contribution is -0.0709. The van der Waals surface area contributed by atoms with Gasteiger partial charge in [0, 0.05) is 60.9 Å². The third kappa shape index (κ3) is 3.32. The SMILES string of the molecule is CC1(C)CN(C(=O)c2ccc(Cl)cc2)C[C@@H]2CN(C3CCC3)CCN21. The zero-order valence-corrected chi connectivity index (χ0v) is 16.0. The fourth-order valence-electron chi connectivity index (χ4n) is 4.72. The van der Waals surface area contributed by atoms with Crippen LogP contribution in [0.3, 0.4) is 0 Å². The highest BCUT2D eigenvalue weighted by Crippen LogP contribution is 2.32. The summed E-state index contributed by atoms with van der Waals surface area (Å²) < 4.78 is 0. The molecule has 0 radical (unpaired) electrons. The highest BCUT2D eigenvalue weighted by Gasteiger charge is 2.45. The first kappa shape index (κ1) is 17.3. The number of benzene rings is 1. The summed E-state index contributed by atoms with van der Waals surface area (Å²) in [5.74, 6) is 0.130. The van der Waals surface area contributed by atoms with Gasteiger partial charge in [-0.3, -0.25) is 14.6 Å². The summed E-state index contributed by atoms with van der Waals surface area (Å²) in [6.45, 7) is 9.56. The van der Waals surface area contributed by atoms with E-state index < -0.39 is 0 Å². The molecule has 136 valence electrons. The lowest BCUT2D eigenvalue weighted by atomic mass is 9.88. The second kappa shape index (κ2) is 6.57. The Morgan fingerprint density at radius 3 is 2.44 bits per heavy atom. The molecule has 0 N–H and O–H groups in total. The molecule has 0 bridgehead atoms. The molecule has 3 fully saturated rings. The first-order valence-corrected chi connectivity index (χ1v) is 9.87. The van der Waals surface area contributed by atoms with Crippen molar-refractivity contribution in [3.63, 3.8) is 0 Å². The van der Waals surface area contributed by atoms with E-state index in [2.05, 4.69) is 28.5 Å². The monoisotopic (exact) mass is 361 g/mol. The van der Waals surface area contributed by atoms with Crippen molar-refractivity contribution in [2.75, 3.05) is 32.7 Å². The summed E-state index contributed by atoms with van der Waals surface area (Å²) in [6.07, 6.45) is 4.08. The number of fused-ring (bicyclic) bond motifs is 1. The molecule has 1 saturated carbocycles. The Hall–Kier alpha value is -1.10. The molecule has 2 heterocycles. The lowest BCUT2D eigenvalue weighted by Gasteiger charge is -2.57. The largest absolute Gasteiger partial charge is 0.335 e. The molecular weight excluding hydrogens is 334 g/mol. The van der Waals surface area contributed by atoms with Gasteiger partial charge in [0.1, 0.15) is 0 Å². The molecule has 0 aromatic heterocycles. The van der Waals surface area contributed by atoms with Gasteiger partial charge in [-0.15, -0.1) is 0 Å². The molecule has 1 aromatic rings. The predicted octanol–water partition coefficient (Wildman–Crippen LogP) is 3.11. The summed E-state index contributed by atoms with van der Waals surface area (Å²) in [4.78, 5) is 20.4. The van der Waals surface area contributed by atoms with E-state index in [4.69, 9.17) is 11.6 Å². The van der Waals surface area contributed by atoms with Gasteiger partial charge in [-0.1, -0.05) is 18.0 Å². The molecule has 4 rings (SSSR count). The number of amides is 1. The van der Waals surface area contributed by atoms with Crippen LogP contribution in [0.25, 0.3) is 0 Å². The van der Waals surface area contributed by atoms with Crippen LogP contribution < -0.4 is 0 Å². The number of rotatable bonds is 2. The van der Waals surface area contributed by atoms with Crippen LogP contribution in [0.4, 0.5) is 0 Å². The van der Waals surface area contributed by atoms with Crippen molar-refractivity contribution in [2.45, 2.75) is 50.7 Å². The summed E-state index contributed by atoms with van der Waals surface area (Å²) in [5.41, 5.74) is 0.761. The number of carbonyl (C=O) groups excluding carboxylic acids is 1. The van der Waals surface area contributed by atoms with Crippen LogP contribution in [0, 0.1) is 0 Å². The quantitative estimate of drug-likeness (QED) is 0.809. The predicted molar refractivity (Wildman–Crippen MR) is 101 cm³/mol. The summed E-state index contributed by atoms with van der Waals surface area (Å²) in [7, 11) is 0. The van der Waals surface area contributed by atoms with Crippen molar-refractivity contribution < 1.29 is 4.79 Å². The number of nitrogens with zero attached hydrogens (tertiary/aromatic N) is 3. The van der Waals surface area contributed by atoms with E-state index >= 15 is 0 Å². The normalized spacial score (nSPS) is 27.6. The van der Waals surface area contributed by atoms with Crippen LogP contribution in [-0.4, -0.2) is 71.0 Å². The molecule has 2 saturated heterocycles. The Bertz CT molecular complexity index is 641. The van der Waals surface area contributed by atoms with E-state index in [0.29, 0.717) is 11.1 Å². The van der Waals surface area contributed by atoms with Crippen molar-refractivity contribution in [3.05, 3.63) is 34.9 Å². The summed E-state index contributed by atoms with van der Waals surface area (Å²) >= 11 is 5.97. The van der Waals surface area contributed by atoms with Gasteiger partial charge in [0.15, 0.2) is 0 Å². The standard InChI is InChI=1S/C20H28ClN3O/c1-20(2)14-23(19(25)15-6-8-16(21)9-7-15)13-18-12-22(10-11-24(18)20)17-4-3-5-17/h6-9,17-18H,3-5,10-14H2,1-2H3/t18-/m0/s1. The molecule has 0 spiro atoms. The maximum atomic E-state index is 13.0. The molecule has 4 nitrogen and oxygen atoms in total. The Balaban J connectivity index is 1.50. The van der Waals surface area contributed by atoms with Gasteiger partial charge in [0.2, 0.25) is 0 Å². The van der Waals surface area contributed by atoms with Gasteiger partial charge >= 0.3 is 0 Å². The van der Waals surface area contributed by atoms with Crippen LogP contribution in [0.1, 0.15) is 43.5 Å². The number of piperazine rings is 2. The fourth-order valence-corrected chi connectivity index (χ4v) is 4.85. The van der Waals surface area contributed by atoms with Gasteiger partial charge in [-0.2, -0.15) is 0 Å². The molecule has 1 aliphatic carbocycles. The third-order valence-electron chi connectivity index (χ3n) is 6.27. The first-order chi connectivity index (χ1) is 11.9. The highest BCUT2D eigenvalue weighted by molar-refractivity contribution is 6.30. The minimum absolute atomic E-state index is 0.0245. The number of halogens is 1. The van der Waals surface area contributed by atoms with Crippen molar-refractivity contribution >= 4 is 17.5 Å². The average molecular weight is 362 g/mol. The smallest absolute Gasteiger partial charge is 0.253 e. The van der Waals surface area contributed by atoms with Crippen molar-refractivity contribution in [1.29, 1.82) is 0 Å². The molecule has 0 unspecified atom stereocenters. The highest BCUT2D eigenvalue weighted by atomic mass is 35.5. The van der Waals surface area contributed by atoms with Crippen LogP contribution >= 0.6 is 11.6 Å². The van der Waals surface area contributed by atoms with Gasteiger partial charge in [-0.05, 0) is 51.0 Å². The van der Waals surface area contributed by atoms with Gasteiger partial charge < -0.3 is 4.90 Å². The maximum absolute atomic E-state index is 13.0. The van der Waals surface area contributed by atoms with Crippen LogP contribution in [0.15, 0.2) is 24.3 Å². The first-order valence-electron chi connectivity index (χ1n) is 9.50. The Labute approximate surface area is 155 Å². The van der Waals surface area contributed by atoms with E-state index in [-0.39, 0.29) is 11.4 Å². The molecule has 3 aliphatic rings. The molecule has 25 heavy (non-hydrogen) atoms. The zero-order chi connectivity index (χ0) is 17.6.